The molecule has 0 atom stereocenters. The number of nitrogens with zero attached hydrogens (tertiary/aromatic N) is 5. The number of hydrogen-bond acceptors (Lipinski definition) is 7. The van der Waals surface area contributed by atoms with Gasteiger partial charge in [-0.1, -0.05) is 11.8 Å². The third kappa shape index (κ3) is 3.08. The van der Waals surface area contributed by atoms with Gasteiger partial charge in [0.1, 0.15) is 23.0 Å². The SMILES string of the molecule is Cc1cc(C)n(C(=O)CSc2nc(N)c(C#N)cc2C#N)n1. The molecule has 110 valence electrons. The summed E-state index contributed by atoms with van der Waals surface area (Å²) >= 11 is 1.09. The predicted octanol–water partition coefficient (Wildman–Crippen LogP) is 1.65. The zero-order chi connectivity index (χ0) is 16.3. The molecule has 2 aromatic heterocycles. The molecular weight excluding hydrogens is 300 g/mol. The Kier molecular flexibility index (Phi) is 4.44. The van der Waals surface area contributed by atoms with E-state index in [0.717, 1.165) is 23.1 Å². The maximum absolute atomic E-state index is 12.1. The summed E-state index contributed by atoms with van der Waals surface area (Å²) in [5.41, 5.74) is 7.51. The van der Waals surface area contributed by atoms with Crippen molar-refractivity contribution in [2.45, 2.75) is 18.9 Å². The van der Waals surface area contributed by atoms with Crippen LogP contribution in [-0.4, -0.2) is 26.4 Å². The van der Waals surface area contributed by atoms with Crippen LogP contribution in [0.5, 0.6) is 0 Å². The molecule has 0 aliphatic rings. The van der Waals surface area contributed by atoms with Crippen LogP contribution in [0.3, 0.4) is 0 Å². The summed E-state index contributed by atoms with van der Waals surface area (Å²) in [5, 5.41) is 22.4. The number of carbonyl (C=O) groups is 1. The number of aryl methyl sites for hydroxylation is 2. The number of anilines is 1. The van der Waals surface area contributed by atoms with Crippen LogP contribution >= 0.6 is 11.8 Å². The van der Waals surface area contributed by atoms with Crippen molar-refractivity contribution in [3.8, 4) is 12.1 Å². The first-order valence-electron chi connectivity index (χ1n) is 6.26. The van der Waals surface area contributed by atoms with Gasteiger partial charge in [-0.05, 0) is 26.0 Å². The van der Waals surface area contributed by atoms with Crippen LogP contribution in [-0.2, 0) is 0 Å². The minimum Gasteiger partial charge on any atom is -0.383 e. The maximum Gasteiger partial charge on any atom is 0.257 e. The molecule has 0 saturated heterocycles. The summed E-state index contributed by atoms with van der Waals surface area (Å²) in [5.74, 6) is -0.110. The average molecular weight is 312 g/mol. The van der Waals surface area contributed by atoms with E-state index in [-0.39, 0.29) is 28.6 Å². The fourth-order valence-electron chi connectivity index (χ4n) is 1.86. The Morgan fingerprint density at radius 1 is 1.32 bits per heavy atom. The highest BCUT2D eigenvalue weighted by molar-refractivity contribution is 8.00. The molecule has 0 unspecified atom stereocenters. The summed E-state index contributed by atoms with van der Waals surface area (Å²) in [7, 11) is 0. The second-order valence-electron chi connectivity index (χ2n) is 4.52. The summed E-state index contributed by atoms with van der Waals surface area (Å²) < 4.78 is 1.32. The van der Waals surface area contributed by atoms with Crippen LogP contribution in [0.1, 0.15) is 27.3 Å². The second kappa shape index (κ2) is 6.29. The van der Waals surface area contributed by atoms with E-state index in [1.54, 1.807) is 19.9 Å². The minimum atomic E-state index is -0.218. The molecule has 0 aliphatic carbocycles. The number of nitriles is 2. The quantitative estimate of drug-likeness (QED) is 0.855. The van der Waals surface area contributed by atoms with Gasteiger partial charge in [0.05, 0.1) is 22.6 Å². The van der Waals surface area contributed by atoms with Crippen molar-refractivity contribution in [3.05, 3.63) is 34.6 Å². The monoisotopic (exact) mass is 312 g/mol. The smallest absolute Gasteiger partial charge is 0.257 e. The molecule has 0 bridgehead atoms. The molecule has 2 N–H and O–H groups in total. The van der Waals surface area contributed by atoms with Gasteiger partial charge in [0.15, 0.2) is 0 Å². The maximum atomic E-state index is 12.1. The minimum absolute atomic E-state index is 0.0440. The first-order valence-corrected chi connectivity index (χ1v) is 7.24. The molecule has 0 saturated carbocycles. The van der Waals surface area contributed by atoms with E-state index >= 15 is 0 Å². The van der Waals surface area contributed by atoms with Crippen molar-refractivity contribution < 1.29 is 4.79 Å². The standard InChI is InChI=1S/C14H12N6OS/c1-8-3-9(2)20(19-8)12(21)7-22-14-11(6-16)4-10(5-15)13(17)18-14/h3-4H,7H2,1-2H3,(H2,17,18). The van der Waals surface area contributed by atoms with Gasteiger partial charge in [-0.15, -0.1) is 0 Å². The van der Waals surface area contributed by atoms with Crippen molar-refractivity contribution >= 4 is 23.5 Å². The fourth-order valence-corrected chi connectivity index (χ4v) is 2.67. The summed E-state index contributed by atoms with van der Waals surface area (Å²) in [6.45, 7) is 3.60. The predicted molar refractivity (Wildman–Crippen MR) is 81.1 cm³/mol. The van der Waals surface area contributed by atoms with Crippen LogP contribution in [0, 0.1) is 36.5 Å². The fraction of sp³-hybridized carbons (Fsp3) is 0.214. The zero-order valence-electron chi connectivity index (χ0n) is 12.0. The van der Waals surface area contributed by atoms with Crippen LogP contribution in [0.25, 0.3) is 0 Å². The molecule has 0 aliphatic heterocycles. The van der Waals surface area contributed by atoms with Gasteiger partial charge in [-0.25, -0.2) is 9.67 Å². The molecule has 0 spiro atoms. The number of pyridine rings is 1. The lowest BCUT2D eigenvalue weighted by Gasteiger charge is -2.06. The number of hydrogen-bond donors (Lipinski definition) is 1. The number of nitrogens with two attached hydrogens (primary N) is 1. The lowest BCUT2D eigenvalue weighted by molar-refractivity contribution is 0.0924. The number of aromatic nitrogens is 3. The number of carbonyl (C=O) groups excluding carboxylic acids is 1. The topological polar surface area (TPSA) is 121 Å². The highest BCUT2D eigenvalue weighted by Crippen LogP contribution is 2.24. The molecule has 0 amide bonds. The van der Waals surface area contributed by atoms with E-state index in [4.69, 9.17) is 16.3 Å². The highest BCUT2D eigenvalue weighted by Gasteiger charge is 2.15. The Morgan fingerprint density at radius 3 is 2.55 bits per heavy atom. The van der Waals surface area contributed by atoms with Crippen molar-refractivity contribution in [2.24, 2.45) is 0 Å². The summed E-state index contributed by atoms with van der Waals surface area (Å²) in [4.78, 5) is 16.2. The molecule has 8 heteroatoms. The van der Waals surface area contributed by atoms with Gasteiger partial charge in [-0.2, -0.15) is 15.6 Å². The third-order valence-electron chi connectivity index (χ3n) is 2.84. The summed E-state index contributed by atoms with van der Waals surface area (Å²) in [6, 6.07) is 7.00. The van der Waals surface area contributed by atoms with E-state index in [1.165, 1.54) is 10.7 Å². The van der Waals surface area contributed by atoms with Crippen LogP contribution in [0.4, 0.5) is 5.82 Å². The normalized spacial score (nSPS) is 10.0. The van der Waals surface area contributed by atoms with E-state index in [9.17, 15) is 4.79 Å². The molecule has 0 fully saturated rings. The van der Waals surface area contributed by atoms with E-state index in [1.807, 2.05) is 12.1 Å². The number of thioether (sulfide) groups is 1. The van der Waals surface area contributed by atoms with Gasteiger partial charge in [0, 0.05) is 5.69 Å². The van der Waals surface area contributed by atoms with E-state index < -0.39 is 0 Å². The zero-order valence-corrected chi connectivity index (χ0v) is 12.8. The van der Waals surface area contributed by atoms with Gasteiger partial charge in [-0.3, -0.25) is 4.79 Å². The molecular formula is C14H12N6OS. The molecule has 2 heterocycles. The molecule has 0 aromatic carbocycles. The van der Waals surface area contributed by atoms with Crippen LogP contribution < -0.4 is 5.73 Å². The van der Waals surface area contributed by atoms with E-state index in [0.29, 0.717) is 5.03 Å². The molecule has 2 aromatic rings. The Hall–Kier alpha value is -2.84. The second-order valence-corrected chi connectivity index (χ2v) is 5.48. The Bertz CT molecular complexity index is 827. The Labute approximate surface area is 131 Å². The average Bonchev–Trinajstić information content (AvgIpc) is 2.83. The molecule has 22 heavy (non-hydrogen) atoms. The van der Waals surface area contributed by atoms with Gasteiger partial charge in [0.2, 0.25) is 0 Å². The van der Waals surface area contributed by atoms with Crippen molar-refractivity contribution in [2.75, 3.05) is 11.5 Å². The first-order chi connectivity index (χ1) is 10.5. The lowest BCUT2D eigenvalue weighted by atomic mass is 10.2. The summed E-state index contributed by atoms with van der Waals surface area (Å²) in [6.07, 6.45) is 0. The molecule has 7 nitrogen and oxygen atoms in total. The number of nitrogen functional groups attached to an aromatic ring is 1. The third-order valence-corrected chi connectivity index (χ3v) is 3.81. The lowest BCUT2D eigenvalue weighted by Crippen LogP contribution is -2.16. The largest absolute Gasteiger partial charge is 0.383 e. The van der Waals surface area contributed by atoms with Crippen LogP contribution in [0.15, 0.2) is 17.2 Å². The van der Waals surface area contributed by atoms with Crippen molar-refractivity contribution in [1.82, 2.24) is 14.8 Å². The van der Waals surface area contributed by atoms with Crippen molar-refractivity contribution in [3.63, 3.8) is 0 Å². The van der Waals surface area contributed by atoms with Gasteiger partial charge >= 0.3 is 0 Å². The Morgan fingerprint density at radius 2 is 2.00 bits per heavy atom. The van der Waals surface area contributed by atoms with E-state index in [2.05, 4.69) is 10.1 Å². The van der Waals surface area contributed by atoms with Crippen LogP contribution in [0.2, 0.25) is 0 Å². The molecule has 2 rings (SSSR count). The van der Waals surface area contributed by atoms with Crippen molar-refractivity contribution in [1.29, 1.82) is 10.5 Å². The Balaban J connectivity index is 2.20. The van der Waals surface area contributed by atoms with Gasteiger partial charge < -0.3 is 5.73 Å². The van der Waals surface area contributed by atoms with Gasteiger partial charge in [0.25, 0.3) is 5.91 Å². The first kappa shape index (κ1) is 15.5. The molecule has 0 radical (unpaired) electrons. The highest BCUT2D eigenvalue weighted by atomic mass is 32.2. The number of rotatable bonds is 3.